The molecule has 2 aromatic rings. The topological polar surface area (TPSA) is 95.8 Å². The Hall–Kier alpha value is -2.15. The van der Waals surface area contributed by atoms with Gasteiger partial charge in [0.05, 0.1) is 23.1 Å². The third-order valence-electron chi connectivity index (χ3n) is 5.49. The molecule has 0 aliphatic heterocycles. The number of amides is 1. The van der Waals surface area contributed by atoms with Crippen LogP contribution in [0.5, 0.6) is 0 Å². The molecule has 1 saturated carbocycles. The van der Waals surface area contributed by atoms with Crippen LogP contribution >= 0.6 is 0 Å². The van der Waals surface area contributed by atoms with Gasteiger partial charge in [0, 0.05) is 25.2 Å². The Bertz CT molecular complexity index is 740. The highest BCUT2D eigenvalue weighted by molar-refractivity contribution is 5.99. The Kier molecular flexibility index (Phi) is 4.69. The number of carbonyl (C=O) groups excluding carboxylic acids is 1. The summed E-state index contributed by atoms with van der Waals surface area (Å²) in [6.45, 7) is 4.45. The molecular weight excluding hydrogens is 318 g/mol. The first-order valence-electron chi connectivity index (χ1n) is 8.86. The maximum Gasteiger partial charge on any atom is 0.255 e. The van der Waals surface area contributed by atoms with Crippen molar-refractivity contribution < 1.29 is 9.90 Å². The molecule has 0 atom stereocenters. The first-order chi connectivity index (χ1) is 11.8. The second-order valence-corrected chi connectivity index (χ2v) is 7.69. The van der Waals surface area contributed by atoms with Gasteiger partial charge in [0.15, 0.2) is 0 Å². The van der Waals surface area contributed by atoms with Crippen molar-refractivity contribution in [2.45, 2.75) is 51.6 Å². The van der Waals surface area contributed by atoms with Crippen molar-refractivity contribution in [2.75, 3.05) is 6.54 Å². The lowest BCUT2D eigenvalue weighted by Crippen LogP contribution is -2.52. The molecule has 7 heteroatoms. The number of nitrogens with one attached hydrogen (secondary N) is 2. The fourth-order valence-corrected chi connectivity index (χ4v) is 3.58. The molecule has 0 saturated heterocycles. The summed E-state index contributed by atoms with van der Waals surface area (Å²) >= 11 is 0. The molecule has 0 spiro atoms. The molecule has 0 radical (unpaired) electrons. The maximum absolute atomic E-state index is 12.7. The fraction of sp³-hybridized carbons (Fsp3) is 0.611. The van der Waals surface area contributed by atoms with E-state index in [4.69, 9.17) is 0 Å². The van der Waals surface area contributed by atoms with E-state index < -0.39 is 11.0 Å². The summed E-state index contributed by atoms with van der Waals surface area (Å²) in [4.78, 5) is 12.7. The van der Waals surface area contributed by atoms with Gasteiger partial charge in [0.1, 0.15) is 5.69 Å². The molecule has 0 aromatic carbocycles. The average molecular weight is 345 g/mol. The minimum absolute atomic E-state index is 0.207. The summed E-state index contributed by atoms with van der Waals surface area (Å²) in [5.41, 5.74) is 0.629. The SMILES string of the molecule is Cn1ccc(-c2[nH]ncc2C(=O)NCC(C)(C)C2(O)CCCCC2)n1. The second-order valence-electron chi connectivity index (χ2n) is 7.69. The van der Waals surface area contributed by atoms with Gasteiger partial charge in [-0.2, -0.15) is 10.2 Å². The van der Waals surface area contributed by atoms with Crippen LogP contribution < -0.4 is 5.32 Å². The number of carbonyl (C=O) groups is 1. The van der Waals surface area contributed by atoms with Crippen molar-refractivity contribution >= 4 is 5.91 Å². The Balaban J connectivity index is 1.70. The van der Waals surface area contributed by atoms with E-state index in [0.717, 1.165) is 25.7 Å². The highest BCUT2D eigenvalue weighted by Crippen LogP contribution is 2.41. The van der Waals surface area contributed by atoms with Crippen molar-refractivity contribution in [3.8, 4) is 11.4 Å². The van der Waals surface area contributed by atoms with Crippen molar-refractivity contribution in [1.29, 1.82) is 0 Å². The highest BCUT2D eigenvalue weighted by Gasteiger charge is 2.44. The van der Waals surface area contributed by atoms with E-state index in [1.807, 2.05) is 33.2 Å². The number of aryl methyl sites for hydroxylation is 1. The molecule has 7 nitrogen and oxygen atoms in total. The Morgan fingerprint density at radius 2 is 2.12 bits per heavy atom. The van der Waals surface area contributed by atoms with Gasteiger partial charge in [-0.1, -0.05) is 33.1 Å². The van der Waals surface area contributed by atoms with Crippen LogP contribution in [-0.4, -0.2) is 43.1 Å². The number of nitrogens with zero attached hydrogens (tertiary/aromatic N) is 3. The van der Waals surface area contributed by atoms with E-state index >= 15 is 0 Å². The third kappa shape index (κ3) is 3.46. The first kappa shape index (κ1) is 17.7. The van der Waals surface area contributed by atoms with Crippen LogP contribution in [0.15, 0.2) is 18.5 Å². The summed E-state index contributed by atoms with van der Waals surface area (Å²) in [6.07, 6.45) is 8.18. The lowest BCUT2D eigenvalue weighted by molar-refractivity contribution is -0.0908. The van der Waals surface area contributed by atoms with Gasteiger partial charge in [0.25, 0.3) is 5.91 Å². The molecular formula is C18H27N5O2. The predicted molar refractivity (Wildman–Crippen MR) is 94.9 cm³/mol. The lowest BCUT2D eigenvalue weighted by Gasteiger charge is -2.45. The number of H-pyrrole nitrogens is 1. The van der Waals surface area contributed by atoms with Gasteiger partial charge in [-0.3, -0.25) is 14.6 Å². The molecule has 0 bridgehead atoms. The molecule has 1 fully saturated rings. The largest absolute Gasteiger partial charge is 0.389 e. The quantitative estimate of drug-likeness (QED) is 0.774. The maximum atomic E-state index is 12.7. The first-order valence-corrected chi connectivity index (χ1v) is 8.86. The minimum atomic E-state index is -0.723. The smallest absolute Gasteiger partial charge is 0.255 e. The van der Waals surface area contributed by atoms with Gasteiger partial charge >= 0.3 is 0 Å². The van der Waals surface area contributed by atoms with Crippen molar-refractivity contribution in [3.63, 3.8) is 0 Å². The summed E-state index contributed by atoms with van der Waals surface area (Å²) in [5.74, 6) is -0.207. The van der Waals surface area contributed by atoms with Gasteiger partial charge in [-0.25, -0.2) is 0 Å². The highest BCUT2D eigenvalue weighted by atomic mass is 16.3. The molecule has 3 rings (SSSR count). The van der Waals surface area contributed by atoms with E-state index in [9.17, 15) is 9.90 Å². The molecule has 1 amide bonds. The molecule has 2 aromatic heterocycles. The third-order valence-corrected chi connectivity index (χ3v) is 5.49. The van der Waals surface area contributed by atoms with Crippen molar-refractivity contribution in [3.05, 3.63) is 24.0 Å². The van der Waals surface area contributed by atoms with Crippen LogP contribution in [0.3, 0.4) is 0 Å². The van der Waals surface area contributed by atoms with Crippen LogP contribution in [-0.2, 0) is 7.05 Å². The number of hydrogen-bond acceptors (Lipinski definition) is 4. The zero-order valence-electron chi connectivity index (χ0n) is 15.2. The molecule has 3 N–H and O–H groups in total. The monoisotopic (exact) mass is 345 g/mol. The zero-order valence-corrected chi connectivity index (χ0v) is 15.2. The van der Waals surface area contributed by atoms with Gasteiger partial charge in [-0.05, 0) is 18.9 Å². The summed E-state index contributed by atoms with van der Waals surface area (Å²) < 4.78 is 1.68. The summed E-state index contributed by atoms with van der Waals surface area (Å²) in [5, 5.41) is 25.1. The fourth-order valence-electron chi connectivity index (χ4n) is 3.58. The molecule has 1 aliphatic carbocycles. The van der Waals surface area contributed by atoms with E-state index in [0.29, 0.717) is 23.5 Å². The summed E-state index contributed by atoms with van der Waals surface area (Å²) in [7, 11) is 1.83. The number of rotatable bonds is 5. The zero-order chi connectivity index (χ0) is 18.1. The standard InChI is InChI=1S/C18H27N5O2/c1-17(2,18(25)8-5-4-6-9-18)12-19-16(24)13-11-20-21-15(13)14-7-10-23(3)22-14/h7,10-11,25H,4-6,8-9,12H2,1-3H3,(H,19,24)(H,20,21). The Labute approximate surface area is 147 Å². The Morgan fingerprint density at radius 3 is 2.76 bits per heavy atom. The van der Waals surface area contributed by atoms with E-state index in [2.05, 4.69) is 20.6 Å². The number of hydrogen-bond donors (Lipinski definition) is 3. The minimum Gasteiger partial charge on any atom is -0.389 e. The van der Waals surface area contributed by atoms with Gasteiger partial charge in [-0.15, -0.1) is 0 Å². The second kappa shape index (κ2) is 6.63. The number of aromatic nitrogens is 4. The van der Waals surface area contributed by atoms with Crippen LogP contribution in [0.2, 0.25) is 0 Å². The predicted octanol–water partition coefficient (Wildman–Crippen LogP) is 2.26. The molecule has 136 valence electrons. The Morgan fingerprint density at radius 1 is 1.40 bits per heavy atom. The van der Waals surface area contributed by atoms with Crippen LogP contribution in [0.1, 0.15) is 56.3 Å². The molecule has 1 aliphatic rings. The molecule has 0 unspecified atom stereocenters. The number of aromatic amines is 1. The average Bonchev–Trinajstić information content (AvgIpc) is 3.22. The molecule has 2 heterocycles. The molecule has 25 heavy (non-hydrogen) atoms. The van der Waals surface area contributed by atoms with E-state index in [1.54, 1.807) is 4.68 Å². The van der Waals surface area contributed by atoms with Crippen LogP contribution in [0.4, 0.5) is 0 Å². The van der Waals surface area contributed by atoms with Crippen LogP contribution in [0, 0.1) is 5.41 Å². The van der Waals surface area contributed by atoms with Gasteiger partial charge in [0.2, 0.25) is 0 Å². The summed E-state index contributed by atoms with van der Waals surface area (Å²) in [6, 6.07) is 1.83. The van der Waals surface area contributed by atoms with E-state index in [-0.39, 0.29) is 5.91 Å². The normalized spacial score (nSPS) is 17.4. The van der Waals surface area contributed by atoms with E-state index in [1.165, 1.54) is 12.6 Å². The van der Waals surface area contributed by atoms with Crippen molar-refractivity contribution in [1.82, 2.24) is 25.3 Å². The number of aliphatic hydroxyl groups is 1. The lowest BCUT2D eigenvalue weighted by atomic mass is 9.67. The van der Waals surface area contributed by atoms with Crippen molar-refractivity contribution in [2.24, 2.45) is 12.5 Å². The van der Waals surface area contributed by atoms with Crippen LogP contribution in [0.25, 0.3) is 11.4 Å². The van der Waals surface area contributed by atoms with Gasteiger partial charge < -0.3 is 10.4 Å².